The number of rotatable bonds is 4. The van der Waals surface area contributed by atoms with Gasteiger partial charge in [-0.2, -0.15) is 0 Å². The maximum atomic E-state index is 10.4. The van der Waals surface area contributed by atoms with E-state index >= 15 is 0 Å². The zero-order valence-corrected chi connectivity index (χ0v) is 35.4. The van der Waals surface area contributed by atoms with Gasteiger partial charge in [-0.15, -0.1) is 0 Å². The molecule has 6 rings (SSSR count). The molecule has 0 atom stereocenters. The molecule has 2 aliphatic rings. The van der Waals surface area contributed by atoms with E-state index in [0.717, 1.165) is 47.9 Å². The summed E-state index contributed by atoms with van der Waals surface area (Å²) >= 11 is 0. The molecule has 0 amide bonds. The van der Waals surface area contributed by atoms with Gasteiger partial charge in [-0.25, -0.2) is 0 Å². The highest BCUT2D eigenvalue weighted by Crippen LogP contribution is 2.51. The molecule has 0 bridgehead atoms. The lowest BCUT2D eigenvalue weighted by Crippen LogP contribution is -2.26. The molecule has 0 heterocycles. The Morgan fingerprint density at radius 1 is 0.333 bits per heavy atom. The minimum Gasteiger partial charge on any atom is -0.508 e. The highest BCUT2D eigenvalue weighted by molar-refractivity contribution is 5.53. The Balaban J connectivity index is 0.000000208. The molecule has 292 valence electrons. The van der Waals surface area contributed by atoms with E-state index in [1.54, 1.807) is 0 Å². The van der Waals surface area contributed by atoms with Crippen LogP contribution in [0.15, 0.2) is 72.8 Å². The minimum atomic E-state index is -0.106. The second kappa shape index (κ2) is 14.6. The largest absolute Gasteiger partial charge is 0.508 e. The Labute approximate surface area is 326 Å². The van der Waals surface area contributed by atoms with Crippen LogP contribution < -0.4 is 0 Å². The van der Waals surface area contributed by atoms with E-state index in [2.05, 4.69) is 132 Å². The molecule has 4 N–H and O–H groups in total. The first kappa shape index (κ1) is 41.2. The van der Waals surface area contributed by atoms with Gasteiger partial charge >= 0.3 is 0 Å². The van der Waals surface area contributed by atoms with Gasteiger partial charge in [0.2, 0.25) is 0 Å². The van der Waals surface area contributed by atoms with Crippen molar-refractivity contribution in [1.29, 1.82) is 0 Å². The van der Waals surface area contributed by atoms with Crippen LogP contribution in [0, 0.1) is 0 Å². The van der Waals surface area contributed by atoms with Crippen LogP contribution in [0.4, 0.5) is 0 Å². The van der Waals surface area contributed by atoms with Crippen LogP contribution in [-0.2, 0) is 32.5 Å². The third-order valence-corrected chi connectivity index (χ3v) is 12.3. The summed E-state index contributed by atoms with van der Waals surface area (Å²) < 4.78 is 0. The Morgan fingerprint density at radius 3 is 0.685 bits per heavy atom. The molecule has 0 spiro atoms. The molecule has 0 aromatic heterocycles. The van der Waals surface area contributed by atoms with Crippen LogP contribution in [-0.4, -0.2) is 20.4 Å². The van der Waals surface area contributed by atoms with Crippen molar-refractivity contribution in [3.63, 3.8) is 0 Å². The van der Waals surface area contributed by atoms with Gasteiger partial charge < -0.3 is 20.4 Å². The van der Waals surface area contributed by atoms with Crippen molar-refractivity contribution in [3.8, 4) is 23.0 Å². The lowest BCUT2D eigenvalue weighted by molar-refractivity contribution is 0.440. The highest BCUT2D eigenvalue weighted by atomic mass is 16.3. The Bertz CT molecular complexity index is 1670. The first-order chi connectivity index (χ1) is 24.9. The quantitative estimate of drug-likeness (QED) is 0.168. The van der Waals surface area contributed by atoms with E-state index < -0.39 is 0 Å². The fraction of sp³-hybridized carbons (Fsp3) is 0.520. The van der Waals surface area contributed by atoms with Crippen molar-refractivity contribution in [2.24, 2.45) is 0 Å². The van der Waals surface area contributed by atoms with Gasteiger partial charge in [-0.3, -0.25) is 0 Å². The van der Waals surface area contributed by atoms with Gasteiger partial charge in [0.25, 0.3) is 0 Å². The lowest BCUT2D eigenvalue weighted by Gasteiger charge is -2.34. The van der Waals surface area contributed by atoms with Gasteiger partial charge in [0.1, 0.15) is 23.0 Å². The van der Waals surface area contributed by atoms with Crippen molar-refractivity contribution in [3.05, 3.63) is 117 Å². The van der Waals surface area contributed by atoms with Gasteiger partial charge in [0.15, 0.2) is 0 Å². The molecule has 4 aromatic carbocycles. The molecule has 4 aromatic rings. The predicted octanol–water partition coefficient (Wildman–Crippen LogP) is 13.1. The van der Waals surface area contributed by atoms with Crippen LogP contribution >= 0.6 is 0 Å². The average molecular weight is 733 g/mol. The Kier molecular flexibility index (Phi) is 11.2. The first-order valence-corrected chi connectivity index (χ1v) is 20.3. The third-order valence-electron chi connectivity index (χ3n) is 12.3. The zero-order chi connectivity index (χ0) is 40.1. The topological polar surface area (TPSA) is 80.9 Å². The van der Waals surface area contributed by atoms with E-state index in [9.17, 15) is 20.4 Å². The highest BCUT2D eigenvalue weighted by Gasteiger charge is 2.40. The summed E-state index contributed by atoms with van der Waals surface area (Å²) in [6.07, 6.45) is 9.25. The predicted molar refractivity (Wildman–Crippen MR) is 226 cm³/mol. The van der Waals surface area contributed by atoms with E-state index in [1.165, 1.54) is 47.9 Å². The van der Waals surface area contributed by atoms with Crippen LogP contribution in [0.25, 0.3) is 0 Å². The standard InChI is InChI=1S/2C25H34O2/c2*1-23(2,3)19-15-17(9-11-21(19)26)25(13-7-8-14-25)18-10-12-22(27)20(16-18)24(4,5)6/h2*9-12,15-16,26-27H,7-8,13-14H2,1-6H3. The van der Waals surface area contributed by atoms with Crippen LogP contribution in [0.1, 0.15) is 179 Å². The Hall–Kier alpha value is -3.92. The van der Waals surface area contributed by atoms with Gasteiger partial charge in [-0.1, -0.05) is 157 Å². The summed E-state index contributed by atoms with van der Waals surface area (Å²) in [4.78, 5) is 0. The van der Waals surface area contributed by atoms with Crippen molar-refractivity contribution in [2.45, 2.75) is 167 Å². The maximum Gasteiger partial charge on any atom is 0.119 e. The Morgan fingerprint density at radius 2 is 0.519 bits per heavy atom. The van der Waals surface area contributed by atoms with Crippen molar-refractivity contribution in [1.82, 2.24) is 0 Å². The van der Waals surface area contributed by atoms with Gasteiger partial charge in [0.05, 0.1) is 0 Å². The van der Waals surface area contributed by atoms with Crippen molar-refractivity contribution < 1.29 is 20.4 Å². The molecule has 4 nitrogen and oxygen atoms in total. The molecule has 2 fully saturated rings. The number of phenolic OH excluding ortho intramolecular Hbond substituents is 4. The second-order valence-corrected chi connectivity index (χ2v) is 20.5. The third kappa shape index (κ3) is 8.19. The minimum absolute atomic E-state index is 0.0403. The molecular weight excluding hydrogens is 665 g/mol. The van der Waals surface area contributed by atoms with E-state index in [-0.39, 0.29) is 32.5 Å². The van der Waals surface area contributed by atoms with Gasteiger partial charge in [-0.05, 0) is 116 Å². The lowest BCUT2D eigenvalue weighted by atomic mass is 9.70. The maximum absolute atomic E-state index is 10.4. The number of phenols is 4. The van der Waals surface area contributed by atoms with Crippen LogP contribution in [0.5, 0.6) is 23.0 Å². The number of benzene rings is 4. The summed E-state index contributed by atoms with van der Waals surface area (Å²) in [6.45, 7) is 25.7. The zero-order valence-electron chi connectivity index (χ0n) is 35.4. The second-order valence-electron chi connectivity index (χ2n) is 20.5. The fourth-order valence-electron chi connectivity index (χ4n) is 9.18. The molecule has 54 heavy (non-hydrogen) atoms. The summed E-state index contributed by atoms with van der Waals surface area (Å²) in [7, 11) is 0. The SMILES string of the molecule is CC(C)(C)c1cc(C2(c3ccc(O)c(C(C)(C)C)c3)CCCC2)ccc1O.CC(C)(C)c1cc(C2(c3ccc(O)c(C(C)(C)C)c3)CCCC2)ccc1O. The molecule has 2 saturated carbocycles. The van der Waals surface area contributed by atoms with E-state index in [1.807, 2.05) is 24.3 Å². The smallest absolute Gasteiger partial charge is 0.119 e. The molecule has 0 saturated heterocycles. The average Bonchev–Trinajstić information content (AvgIpc) is 3.76. The van der Waals surface area contributed by atoms with E-state index in [4.69, 9.17) is 0 Å². The van der Waals surface area contributed by atoms with E-state index in [0.29, 0.717) is 23.0 Å². The number of hydrogen-bond donors (Lipinski definition) is 4. The number of aromatic hydroxyl groups is 4. The summed E-state index contributed by atoms with van der Waals surface area (Å²) in [5.74, 6) is 1.50. The first-order valence-electron chi connectivity index (χ1n) is 20.3. The molecule has 2 aliphatic carbocycles. The molecule has 0 aliphatic heterocycles. The van der Waals surface area contributed by atoms with Crippen LogP contribution in [0.3, 0.4) is 0 Å². The fourth-order valence-corrected chi connectivity index (χ4v) is 9.18. The number of hydrogen-bond acceptors (Lipinski definition) is 4. The molecule has 4 heteroatoms. The van der Waals surface area contributed by atoms with Crippen molar-refractivity contribution in [2.75, 3.05) is 0 Å². The van der Waals surface area contributed by atoms with Gasteiger partial charge in [0, 0.05) is 10.8 Å². The monoisotopic (exact) mass is 733 g/mol. The molecule has 0 radical (unpaired) electrons. The summed E-state index contributed by atoms with van der Waals surface area (Å²) in [5.41, 5.74) is 8.64. The van der Waals surface area contributed by atoms with Crippen molar-refractivity contribution >= 4 is 0 Å². The summed E-state index contributed by atoms with van der Waals surface area (Å²) in [5, 5.41) is 41.7. The normalized spacial score (nSPS) is 17.3. The molecular formula is C50H68O4. The van der Waals surface area contributed by atoms with Crippen LogP contribution in [0.2, 0.25) is 0 Å². The summed E-state index contributed by atoms with van der Waals surface area (Å²) in [6, 6.07) is 24.7. The molecule has 0 unspecified atom stereocenters.